The van der Waals surface area contributed by atoms with Crippen LogP contribution in [0.1, 0.15) is 69.4 Å². The van der Waals surface area contributed by atoms with E-state index in [2.05, 4.69) is 5.32 Å². The molecule has 0 aromatic heterocycles. The van der Waals surface area contributed by atoms with E-state index in [1.807, 2.05) is 41.5 Å². The van der Waals surface area contributed by atoms with Crippen molar-refractivity contribution >= 4 is 17.6 Å². The number of ketones is 1. The molecule has 0 aliphatic heterocycles. The maximum atomic E-state index is 12.7. The summed E-state index contributed by atoms with van der Waals surface area (Å²) in [4.78, 5) is 34.3. The summed E-state index contributed by atoms with van der Waals surface area (Å²) >= 11 is 0. The second-order valence-electron chi connectivity index (χ2n) is 8.83. The summed E-state index contributed by atoms with van der Waals surface area (Å²) in [6.07, 6.45) is 0.168. The topological polar surface area (TPSA) is 119 Å². The van der Waals surface area contributed by atoms with Gasteiger partial charge < -0.3 is 20.9 Å². The van der Waals surface area contributed by atoms with Crippen molar-refractivity contribution in [2.45, 2.75) is 58.8 Å². The van der Waals surface area contributed by atoms with E-state index in [0.717, 1.165) is 11.1 Å². The predicted octanol–water partition coefficient (Wildman–Crippen LogP) is 2.18. The Morgan fingerprint density at radius 3 is 1.93 bits per heavy atom. The molecular formula is C21H32N2O5. The third kappa shape index (κ3) is 6.64. The fourth-order valence-corrected chi connectivity index (χ4v) is 2.67. The third-order valence-corrected chi connectivity index (χ3v) is 4.28. The van der Waals surface area contributed by atoms with Gasteiger partial charge in [0.1, 0.15) is 5.75 Å². The number of hydrogen-bond donors (Lipinski definition) is 3. The van der Waals surface area contributed by atoms with Gasteiger partial charge in [-0.1, -0.05) is 41.5 Å². The van der Waals surface area contributed by atoms with Gasteiger partial charge in [-0.15, -0.1) is 0 Å². The van der Waals surface area contributed by atoms with Crippen molar-refractivity contribution in [1.29, 1.82) is 0 Å². The first-order valence-corrected chi connectivity index (χ1v) is 9.31. The van der Waals surface area contributed by atoms with Crippen molar-refractivity contribution in [3.8, 4) is 5.75 Å². The number of phenolic OH excluding ortho intramolecular Hbond substituents is 1. The molecule has 0 spiro atoms. The van der Waals surface area contributed by atoms with E-state index in [0.29, 0.717) is 5.56 Å². The number of Topliss-reactive ketones (excluding diaryl/α,β-unsaturated/α-hetero) is 1. The zero-order valence-corrected chi connectivity index (χ0v) is 17.6. The van der Waals surface area contributed by atoms with E-state index in [4.69, 9.17) is 10.5 Å². The number of nitrogens with one attached hydrogen (secondary N) is 1. The smallest absolute Gasteiger partial charge is 0.309 e. The lowest BCUT2D eigenvalue weighted by atomic mass is 9.78. The number of carbonyl (C=O) groups excluding carboxylic acids is 3. The molecule has 2 amide bonds. The summed E-state index contributed by atoms with van der Waals surface area (Å²) in [6, 6.07) is 3.50. The lowest BCUT2D eigenvalue weighted by molar-refractivity contribution is -0.137. The van der Waals surface area contributed by atoms with Crippen LogP contribution in [0.25, 0.3) is 0 Å². The van der Waals surface area contributed by atoms with Crippen molar-refractivity contribution in [3.05, 3.63) is 28.8 Å². The molecule has 156 valence electrons. The number of aromatic hydroxyl groups is 1. The maximum Gasteiger partial charge on any atom is 0.309 e. The fourth-order valence-electron chi connectivity index (χ4n) is 2.67. The number of carbonyl (C=O) groups is 3. The van der Waals surface area contributed by atoms with Crippen LogP contribution in [0.4, 0.5) is 0 Å². The van der Waals surface area contributed by atoms with Crippen LogP contribution in [0.5, 0.6) is 5.75 Å². The number of primary amides is 1. The Morgan fingerprint density at radius 1 is 1.00 bits per heavy atom. The van der Waals surface area contributed by atoms with Gasteiger partial charge in [-0.2, -0.15) is 0 Å². The Hall–Kier alpha value is -2.41. The normalized spacial score (nSPS) is 11.9. The van der Waals surface area contributed by atoms with Gasteiger partial charge in [-0.05, 0) is 23.0 Å². The first-order valence-electron chi connectivity index (χ1n) is 9.31. The van der Waals surface area contributed by atoms with E-state index in [1.54, 1.807) is 12.1 Å². The Balaban J connectivity index is 2.80. The number of hydrogen-bond acceptors (Lipinski definition) is 5. The van der Waals surface area contributed by atoms with Crippen LogP contribution in [-0.2, 0) is 25.2 Å². The highest BCUT2D eigenvalue weighted by molar-refractivity contribution is 6.34. The summed E-state index contributed by atoms with van der Waals surface area (Å²) in [5, 5.41) is 13.0. The molecule has 4 N–H and O–H groups in total. The molecule has 0 radical (unpaired) electrons. The van der Waals surface area contributed by atoms with Crippen molar-refractivity contribution in [3.63, 3.8) is 0 Å². The number of nitrogens with two attached hydrogens (primary N) is 1. The molecule has 0 saturated carbocycles. The second kappa shape index (κ2) is 9.19. The molecule has 0 bridgehead atoms. The standard InChI is InChI=1S/C21H32N2O5/c1-20(2,3)14-11-13(12-15(17(14)25)21(4,5)6)16(24)7-9-28-10-8-23-19(27)18(22)26/h11-12,25H,7-10H2,1-6H3,(H2,22,26)(H,23,27). The molecule has 0 heterocycles. The Morgan fingerprint density at radius 2 is 1.50 bits per heavy atom. The maximum absolute atomic E-state index is 12.7. The molecule has 1 aromatic rings. The first-order chi connectivity index (χ1) is 12.7. The number of ether oxygens (including phenoxy) is 1. The van der Waals surface area contributed by atoms with Crippen LogP contribution < -0.4 is 11.1 Å². The van der Waals surface area contributed by atoms with E-state index in [1.165, 1.54) is 0 Å². The summed E-state index contributed by atoms with van der Waals surface area (Å²) < 4.78 is 5.34. The molecule has 0 fully saturated rings. The fraction of sp³-hybridized carbons (Fsp3) is 0.571. The van der Waals surface area contributed by atoms with E-state index in [9.17, 15) is 19.5 Å². The van der Waals surface area contributed by atoms with Crippen molar-refractivity contribution in [2.75, 3.05) is 19.8 Å². The number of rotatable bonds is 7. The SMILES string of the molecule is CC(C)(C)c1cc(C(=O)CCOCCNC(=O)C(N)=O)cc(C(C)(C)C)c1O. The zero-order valence-electron chi connectivity index (χ0n) is 17.6. The lowest BCUT2D eigenvalue weighted by Gasteiger charge is -2.28. The molecule has 0 saturated heterocycles. The summed E-state index contributed by atoms with van der Waals surface area (Å²) in [7, 11) is 0. The minimum absolute atomic E-state index is 0.0860. The molecule has 0 unspecified atom stereocenters. The number of amides is 2. The summed E-state index contributed by atoms with van der Waals surface area (Å²) in [5.41, 5.74) is 6.21. The minimum atomic E-state index is -1.05. The highest BCUT2D eigenvalue weighted by Crippen LogP contribution is 2.39. The lowest BCUT2D eigenvalue weighted by Crippen LogP contribution is -2.37. The monoisotopic (exact) mass is 392 g/mol. The summed E-state index contributed by atoms with van der Waals surface area (Å²) in [6.45, 7) is 12.4. The van der Waals surface area contributed by atoms with Gasteiger partial charge in [0.15, 0.2) is 5.78 Å². The van der Waals surface area contributed by atoms with Gasteiger partial charge in [-0.25, -0.2) is 0 Å². The molecule has 1 aromatic carbocycles. The summed E-state index contributed by atoms with van der Waals surface area (Å²) in [5.74, 6) is -1.77. The predicted molar refractivity (Wildman–Crippen MR) is 107 cm³/mol. The van der Waals surface area contributed by atoms with Gasteiger partial charge in [0.25, 0.3) is 0 Å². The quantitative estimate of drug-likeness (QED) is 0.373. The first kappa shape index (κ1) is 23.6. The molecule has 0 aliphatic rings. The molecule has 0 atom stereocenters. The van der Waals surface area contributed by atoms with Gasteiger partial charge in [0.2, 0.25) is 0 Å². The Labute approximate surface area is 166 Å². The van der Waals surface area contributed by atoms with Gasteiger partial charge in [-0.3, -0.25) is 14.4 Å². The third-order valence-electron chi connectivity index (χ3n) is 4.28. The highest BCUT2D eigenvalue weighted by Gasteiger charge is 2.27. The molecule has 1 rings (SSSR count). The van der Waals surface area contributed by atoms with Crippen molar-refractivity contribution in [2.24, 2.45) is 5.73 Å². The van der Waals surface area contributed by atoms with Crippen LogP contribution in [-0.4, -0.2) is 42.5 Å². The minimum Gasteiger partial charge on any atom is -0.507 e. The Kier molecular flexibility index (Phi) is 7.75. The second-order valence-corrected chi connectivity index (χ2v) is 8.83. The molecule has 0 aliphatic carbocycles. The molecular weight excluding hydrogens is 360 g/mol. The zero-order chi connectivity index (χ0) is 21.7. The number of benzene rings is 1. The van der Waals surface area contributed by atoms with Crippen molar-refractivity contribution < 1.29 is 24.2 Å². The average Bonchev–Trinajstić information content (AvgIpc) is 2.55. The van der Waals surface area contributed by atoms with Crippen LogP contribution in [0, 0.1) is 0 Å². The van der Waals surface area contributed by atoms with Gasteiger partial charge >= 0.3 is 11.8 Å². The average molecular weight is 392 g/mol. The van der Waals surface area contributed by atoms with Crippen LogP contribution in [0.3, 0.4) is 0 Å². The number of phenols is 1. The van der Waals surface area contributed by atoms with Crippen LogP contribution in [0.2, 0.25) is 0 Å². The van der Waals surface area contributed by atoms with Gasteiger partial charge in [0, 0.05) is 29.7 Å². The Bertz CT molecular complexity index is 707. The van der Waals surface area contributed by atoms with Crippen molar-refractivity contribution in [1.82, 2.24) is 5.32 Å². The highest BCUT2D eigenvalue weighted by atomic mass is 16.5. The molecule has 7 heteroatoms. The van der Waals surface area contributed by atoms with E-state index in [-0.39, 0.29) is 48.5 Å². The van der Waals surface area contributed by atoms with Crippen LogP contribution in [0.15, 0.2) is 12.1 Å². The molecule has 28 heavy (non-hydrogen) atoms. The van der Waals surface area contributed by atoms with Gasteiger partial charge in [0.05, 0.1) is 13.2 Å². The largest absolute Gasteiger partial charge is 0.507 e. The molecule has 7 nitrogen and oxygen atoms in total. The van der Waals surface area contributed by atoms with Crippen LogP contribution >= 0.6 is 0 Å². The van der Waals surface area contributed by atoms with E-state index < -0.39 is 11.8 Å². The van der Waals surface area contributed by atoms with E-state index >= 15 is 0 Å².